The van der Waals surface area contributed by atoms with Crippen LogP contribution in [0.15, 0.2) is 42.7 Å². The molecule has 3 heterocycles. The van der Waals surface area contributed by atoms with E-state index in [1.54, 1.807) is 18.5 Å². The van der Waals surface area contributed by atoms with Crippen LogP contribution in [0.1, 0.15) is 5.82 Å². The van der Waals surface area contributed by atoms with Crippen molar-refractivity contribution in [2.45, 2.75) is 6.92 Å². The second-order valence-corrected chi connectivity index (χ2v) is 6.53. The number of aromatic amines is 1. The summed E-state index contributed by atoms with van der Waals surface area (Å²) in [5, 5.41) is 10.7. The highest BCUT2D eigenvalue weighted by atomic mass is 32.1. The number of hydrogen-bond donors (Lipinski definition) is 1. The van der Waals surface area contributed by atoms with Crippen molar-refractivity contribution in [3.63, 3.8) is 0 Å². The number of ether oxygens (including phenoxy) is 1. The Balaban J connectivity index is 1.73. The number of fused-ring (bicyclic) bond motifs is 1. The molecule has 0 saturated heterocycles. The first-order valence-corrected chi connectivity index (χ1v) is 8.35. The normalized spacial score (nSPS) is 11.0. The number of aromatic nitrogens is 3. The van der Waals surface area contributed by atoms with E-state index < -0.39 is 10.7 Å². The number of imidazole rings is 1. The van der Waals surface area contributed by atoms with Gasteiger partial charge in [0.1, 0.15) is 11.6 Å². The molecule has 1 aromatic carbocycles. The first-order valence-electron chi connectivity index (χ1n) is 7.54. The lowest BCUT2D eigenvalue weighted by Crippen LogP contribution is -1.92. The van der Waals surface area contributed by atoms with Gasteiger partial charge in [-0.2, -0.15) is 0 Å². The van der Waals surface area contributed by atoms with Gasteiger partial charge in [-0.3, -0.25) is 15.1 Å². The molecule has 1 N–H and O–H groups in total. The number of non-ortho nitro benzene ring substituents is 1. The highest BCUT2D eigenvalue weighted by Crippen LogP contribution is 2.39. The SMILES string of the molecule is Cc1nc(-c2cc3nccc(Oc4ccc([N+](=O)[O-])cc4F)c3s2)c[nH]1. The number of hydrogen-bond acceptors (Lipinski definition) is 6. The molecular formula is C17H11FN4O3S. The second kappa shape index (κ2) is 6.19. The number of pyridine rings is 1. The monoisotopic (exact) mass is 370 g/mol. The lowest BCUT2D eigenvalue weighted by Gasteiger charge is -2.07. The third-order valence-electron chi connectivity index (χ3n) is 3.68. The smallest absolute Gasteiger partial charge is 0.272 e. The molecule has 0 aliphatic carbocycles. The number of halogens is 1. The van der Waals surface area contributed by atoms with Crippen LogP contribution in [0.2, 0.25) is 0 Å². The van der Waals surface area contributed by atoms with E-state index in [0.717, 1.165) is 27.2 Å². The summed E-state index contributed by atoms with van der Waals surface area (Å²) >= 11 is 1.42. The van der Waals surface area contributed by atoms with Crippen molar-refractivity contribution in [2.75, 3.05) is 0 Å². The summed E-state index contributed by atoms with van der Waals surface area (Å²) in [5.41, 5.74) is 1.16. The van der Waals surface area contributed by atoms with Crippen molar-refractivity contribution in [2.24, 2.45) is 0 Å². The van der Waals surface area contributed by atoms with E-state index in [-0.39, 0.29) is 11.4 Å². The van der Waals surface area contributed by atoms with Crippen LogP contribution < -0.4 is 4.74 Å². The van der Waals surface area contributed by atoms with Crippen molar-refractivity contribution in [1.29, 1.82) is 0 Å². The minimum atomic E-state index is -0.802. The van der Waals surface area contributed by atoms with Gasteiger partial charge in [-0.05, 0) is 19.1 Å². The summed E-state index contributed by atoms with van der Waals surface area (Å²) in [7, 11) is 0. The summed E-state index contributed by atoms with van der Waals surface area (Å²) in [6, 6.07) is 6.78. The van der Waals surface area contributed by atoms with Gasteiger partial charge in [-0.25, -0.2) is 9.37 Å². The maximum Gasteiger partial charge on any atom is 0.272 e. The third kappa shape index (κ3) is 2.88. The number of nitro groups is 1. The predicted molar refractivity (Wildman–Crippen MR) is 95.1 cm³/mol. The highest BCUT2D eigenvalue weighted by Gasteiger charge is 2.16. The van der Waals surface area contributed by atoms with Gasteiger partial charge in [0, 0.05) is 24.5 Å². The maximum atomic E-state index is 14.1. The number of H-pyrrole nitrogens is 1. The average Bonchev–Trinajstić information content (AvgIpc) is 3.23. The van der Waals surface area contributed by atoms with Crippen LogP contribution in [0, 0.1) is 22.9 Å². The number of nitrogens with one attached hydrogen (secondary N) is 1. The van der Waals surface area contributed by atoms with Crippen LogP contribution in [0.4, 0.5) is 10.1 Å². The van der Waals surface area contributed by atoms with Gasteiger partial charge < -0.3 is 9.72 Å². The van der Waals surface area contributed by atoms with E-state index in [1.165, 1.54) is 23.5 Å². The van der Waals surface area contributed by atoms with E-state index in [0.29, 0.717) is 11.3 Å². The number of benzene rings is 1. The third-order valence-corrected chi connectivity index (χ3v) is 4.84. The van der Waals surface area contributed by atoms with Crippen molar-refractivity contribution in [1.82, 2.24) is 15.0 Å². The molecule has 9 heteroatoms. The quantitative estimate of drug-likeness (QED) is 0.410. The standard InChI is InChI=1S/C17H11FN4O3S/c1-9-20-8-13(21-9)16-7-12-17(26-16)15(4-5-19-12)25-14-3-2-10(22(23)24)6-11(14)18/h2-8H,1H3,(H,20,21). The van der Waals surface area contributed by atoms with E-state index in [1.807, 2.05) is 13.0 Å². The number of rotatable bonds is 4. The Hall–Kier alpha value is -3.33. The van der Waals surface area contributed by atoms with E-state index in [2.05, 4.69) is 15.0 Å². The fourth-order valence-corrected chi connectivity index (χ4v) is 3.50. The van der Waals surface area contributed by atoms with Gasteiger partial charge in [-0.1, -0.05) is 0 Å². The molecule has 0 spiro atoms. The molecular weight excluding hydrogens is 359 g/mol. The van der Waals surface area contributed by atoms with Gasteiger partial charge in [0.2, 0.25) is 0 Å². The number of thiophene rings is 1. The molecule has 0 atom stereocenters. The molecule has 3 aromatic heterocycles. The molecule has 7 nitrogen and oxygen atoms in total. The highest BCUT2D eigenvalue weighted by molar-refractivity contribution is 7.22. The van der Waals surface area contributed by atoms with Crippen molar-refractivity contribution >= 4 is 27.2 Å². The Morgan fingerprint density at radius 1 is 1.27 bits per heavy atom. The topological polar surface area (TPSA) is 93.9 Å². The van der Waals surface area contributed by atoms with Crippen molar-refractivity contribution < 1.29 is 14.1 Å². The average molecular weight is 370 g/mol. The van der Waals surface area contributed by atoms with Crippen LogP contribution >= 0.6 is 11.3 Å². The summed E-state index contributed by atoms with van der Waals surface area (Å²) in [6.45, 7) is 1.86. The van der Waals surface area contributed by atoms with Crippen molar-refractivity contribution in [3.05, 3.63) is 64.5 Å². The maximum absolute atomic E-state index is 14.1. The molecule has 4 rings (SSSR count). The Morgan fingerprint density at radius 2 is 2.12 bits per heavy atom. The van der Waals surface area contributed by atoms with E-state index in [4.69, 9.17) is 4.74 Å². The summed E-state index contributed by atoms with van der Waals surface area (Å²) in [5.74, 6) is 0.332. The Bertz CT molecular complexity index is 1140. The number of aryl methyl sites for hydroxylation is 1. The largest absolute Gasteiger partial charge is 0.453 e. The molecule has 0 bridgehead atoms. The molecule has 26 heavy (non-hydrogen) atoms. The van der Waals surface area contributed by atoms with E-state index >= 15 is 0 Å². The summed E-state index contributed by atoms with van der Waals surface area (Å²) < 4.78 is 20.5. The Kier molecular flexibility index (Phi) is 3.85. The number of nitro benzene ring substituents is 1. The van der Waals surface area contributed by atoms with Gasteiger partial charge in [0.25, 0.3) is 5.69 Å². The fraction of sp³-hybridized carbons (Fsp3) is 0.0588. The lowest BCUT2D eigenvalue weighted by molar-refractivity contribution is -0.385. The molecule has 130 valence electrons. The van der Waals surface area contributed by atoms with Crippen LogP contribution in [-0.4, -0.2) is 19.9 Å². The minimum absolute atomic E-state index is 0.0892. The first-order chi connectivity index (χ1) is 12.5. The van der Waals surface area contributed by atoms with Crippen molar-refractivity contribution in [3.8, 4) is 22.1 Å². The molecule has 0 aliphatic rings. The van der Waals surface area contributed by atoms with Crippen LogP contribution in [0.3, 0.4) is 0 Å². The molecule has 0 unspecified atom stereocenters. The molecule has 0 aliphatic heterocycles. The second-order valence-electron chi connectivity index (χ2n) is 5.48. The molecule has 0 fully saturated rings. The van der Waals surface area contributed by atoms with E-state index in [9.17, 15) is 14.5 Å². The molecule has 4 aromatic rings. The van der Waals surface area contributed by atoms with Crippen LogP contribution in [0.5, 0.6) is 11.5 Å². The molecule has 0 radical (unpaired) electrons. The zero-order chi connectivity index (χ0) is 18.3. The fourth-order valence-electron chi connectivity index (χ4n) is 2.47. The number of nitrogens with zero attached hydrogens (tertiary/aromatic N) is 3. The molecule has 0 saturated carbocycles. The Labute approximate surface area is 150 Å². The van der Waals surface area contributed by atoms with Gasteiger partial charge >= 0.3 is 0 Å². The lowest BCUT2D eigenvalue weighted by atomic mass is 10.3. The summed E-state index contributed by atoms with van der Waals surface area (Å²) in [6.07, 6.45) is 3.36. The zero-order valence-corrected chi connectivity index (χ0v) is 14.2. The van der Waals surface area contributed by atoms with Gasteiger partial charge in [-0.15, -0.1) is 11.3 Å². The molecule has 0 amide bonds. The predicted octanol–water partition coefficient (Wildman–Crippen LogP) is 4.83. The van der Waals surface area contributed by atoms with Gasteiger partial charge in [0.05, 0.1) is 31.8 Å². The Morgan fingerprint density at radius 3 is 2.81 bits per heavy atom. The zero-order valence-electron chi connectivity index (χ0n) is 13.4. The summed E-state index contributed by atoms with van der Waals surface area (Å²) in [4.78, 5) is 22.7. The minimum Gasteiger partial charge on any atom is -0.453 e. The van der Waals surface area contributed by atoms with Gasteiger partial charge in [0.15, 0.2) is 11.6 Å². The van der Waals surface area contributed by atoms with Crippen LogP contribution in [-0.2, 0) is 0 Å². The first kappa shape index (κ1) is 16.2. The van der Waals surface area contributed by atoms with Crippen LogP contribution in [0.25, 0.3) is 20.8 Å².